The van der Waals surface area contributed by atoms with Crippen molar-refractivity contribution >= 4 is 27.5 Å². The lowest BCUT2D eigenvalue weighted by molar-refractivity contribution is -0.117. The van der Waals surface area contributed by atoms with Gasteiger partial charge in [0, 0.05) is 16.2 Å². The van der Waals surface area contributed by atoms with Gasteiger partial charge in [-0.3, -0.25) is 9.69 Å². The lowest BCUT2D eigenvalue weighted by Crippen LogP contribution is -2.39. The number of carbonyl (C=O) groups excluding carboxylic acids is 1. The summed E-state index contributed by atoms with van der Waals surface area (Å²) in [6, 6.07) is 10.0. The SMILES string of the molecule is N#CCN(CC(=O)Nc1cccc(Br)c1)C1CCCC1. The Balaban J connectivity index is 1.92. The number of amides is 1. The molecular formula is C15H18BrN3O. The van der Waals surface area contributed by atoms with E-state index in [1.807, 2.05) is 29.2 Å². The first kappa shape index (κ1) is 15.0. The van der Waals surface area contributed by atoms with Gasteiger partial charge in [-0.2, -0.15) is 5.26 Å². The summed E-state index contributed by atoms with van der Waals surface area (Å²) in [5.74, 6) is -0.0646. The Morgan fingerprint density at radius 1 is 1.45 bits per heavy atom. The number of benzene rings is 1. The molecule has 1 saturated carbocycles. The Hall–Kier alpha value is -1.38. The van der Waals surface area contributed by atoms with E-state index in [1.54, 1.807) is 0 Å². The number of rotatable bonds is 5. The second kappa shape index (κ2) is 7.41. The van der Waals surface area contributed by atoms with Gasteiger partial charge in [-0.15, -0.1) is 0 Å². The molecule has 0 unspecified atom stereocenters. The summed E-state index contributed by atoms with van der Waals surface area (Å²) in [5.41, 5.74) is 0.771. The minimum Gasteiger partial charge on any atom is -0.325 e. The third-order valence-corrected chi connectivity index (χ3v) is 4.06. The fourth-order valence-electron chi connectivity index (χ4n) is 2.63. The molecule has 0 spiro atoms. The quantitative estimate of drug-likeness (QED) is 0.841. The number of anilines is 1. The molecule has 0 aliphatic heterocycles. The normalized spacial score (nSPS) is 15.2. The third-order valence-electron chi connectivity index (χ3n) is 3.57. The van der Waals surface area contributed by atoms with Crippen molar-refractivity contribution in [1.29, 1.82) is 5.26 Å². The monoisotopic (exact) mass is 335 g/mol. The molecule has 0 radical (unpaired) electrons. The molecule has 0 bridgehead atoms. The Morgan fingerprint density at radius 2 is 2.20 bits per heavy atom. The largest absolute Gasteiger partial charge is 0.325 e. The molecule has 1 amide bonds. The van der Waals surface area contributed by atoms with E-state index in [-0.39, 0.29) is 12.5 Å². The molecule has 1 fully saturated rings. The molecule has 4 nitrogen and oxygen atoms in total. The maximum Gasteiger partial charge on any atom is 0.238 e. The maximum atomic E-state index is 12.1. The minimum absolute atomic E-state index is 0.0646. The van der Waals surface area contributed by atoms with Crippen LogP contribution in [0.2, 0.25) is 0 Å². The van der Waals surface area contributed by atoms with Crippen LogP contribution in [0, 0.1) is 11.3 Å². The topological polar surface area (TPSA) is 56.1 Å². The molecule has 20 heavy (non-hydrogen) atoms. The van der Waals surface area contributed by atoms with Gasteiger partial charge in [-0.25, -0.2) is 0 Å². The molecule has 0 atom stereocenters. The number of hydrogen-bond acceptors (Lipinski definition) is 3. The summed E-state index contributed by atoms with van der Waals surface area (Å²) >= 11 is 3.38. The van der Waals surface area contributed by atoms with Gasteiger partial charge in [0.25, 0.3) is 0 Å². The Bertz CT molecular complexity index is 506. The van der Waals surface area contributed by atoms with Crippen molar-refractivity contribution < 1.29 is 4.79 Å². The highest BCUT2D eigenvalue weighted by atomic mass is 79.9. The van der Waals surface area contributed by atoms with Crippen molar-refractivity contribution in [3.8, 4) is 6.07 Å². The molecule has 1 aromatic carbocycles. The van der Waals surface area contributed by atoms with Crippen molar-refractivity contribution in [3.63, 3.8) is 0 Å². The summed E-state index contributed by atoms with van der Waals surface area (Å²) in [4.78, 5) is 14.1. The number of halogens is 1. The molecule has 0 saturated heterocycles. The van der Waals surface area contributed by atoms with Gasteiger partial charge in [-0.05, 0) is 31.0 Å². The molecular weight excluding hydrogens is 318 g/mol. The van der Waals surface area contributed by atoms with Crippen LogP contribution in [0.15, 0.2) is 28.7 Å². The zero-order valence-electron chi connectivity index (χ0n) is 11.3. The van der Waals surface area contributed by atoms with E-state index in [9.17, 15) is 4.79 Å². The summed E-state index contributed by atoms with van der Waals surface area (Å²) in [6.07, 6.45) is 4.57. The molecule has 1 aliphatic carbocycles. The van der Waals surface area contributed by atoms with Gasteiger partial charge in [0.1, 0.15) is 0 Å². The third kappa shape index (κ3) is 4.32. The molecule has 0 heterocycles. The van der Waals surface area contributed by atoms with Crippen LogP contribution in [0.5, 0.6) is 0 Å². The highest BCUT2D eigenvalue weighted by Gasteiger charge is 2.24. The van der Waals surface area contributed by atoms with Crippen LogP contribution in [0.1, 0.15) is 25.7 Å². The Morgan fingerprint density at radius 3 is 2.85 bits per heavy atom. The number of nitrogens with zero attached hydrogens (tertiary/aromatic N) is 2. The standard InChI is InChI=1S/C15H18BrN3O/c16-12-4-3-5-13(10-12)18-15(20)11-19(9-8-17)14-6-1-2-7-14/h3-5,10,14H,1-2,6-7,9,11H2,(H,18,20). The predicted octanol–water partition coefficient (Wildman–Crippen LogP) is 3.16. The summed E-state index contributed by atoms with van der Waals surface area (Å²) in [6.45, 7) is 0.599. The van der Waals surface area contributed by atoms with Crippen LogP contribution in [0.25, 0.3) is 0 Å². The number of hydrogen-bond donors (Lipinski definition) is 1. The van der Waals surface area contributed by atoms with E-state index >= 15 is 0 Å². The lowest BCUT2D eigenvalue weighted by Gasteiger charge is -2.25. The summed E-state index contributed by atoms with van der Waals surface area (Å²) in [7, 11) is 0. The van der Waals surface area contributed by atoms with E-state index in [0.29, 0.717) is 12.6 Å². The fraction of sp³-hybridized carbons (Fsp3) is 0.467. The Kier molecular flexibility index (Phi) is 5.57. The van der Waals surface area contributed by atoms with Gasteiger partial charge < -0.3 is 5.32 Å². The lowest BCUT2D eigenvalue weighted by atomic mass is 10.2. The highest BCUT2D eigenvalue weighted by Crippen LogP contribution is 2.23. The average molecular weight is 336 g/mol. The molecule has 1 aliphatic rings. The van der Waals surface area contributed by atoms with Crippen LogP contribution in [0.4, 0.5) is 5.69 Å². The fourth-order valence-corrected chi connectivity index (χ4v) is 3.02. The van der Waals surface area contributed by atoms with Crippen LogP contribution >= 0.6 is 15.9 Å². The first-order valence-corrected chi connectivity index (χ1v) is 7.65. The second-order valence-corrected chi connectivity index (χ2v) is 5.98. The van der Waals surface area contributed by atoms with E-state index < -0.39 is 0 Å². The molecule has 5 heteroatoms. The minimum atomic E-state index is -0.0646. The van der Waals surface area contributed by atoms with E-state index in [0.717, 1.165) is 23.0 Å². The van der Waals surface area contributed by atoms with Gasteiger partial charge in [0.15, 0.2) is 0 Å². The second-order valence-electron chi connectivity index (χ2n) is 5.06. The van der Waals surface area contributed by atoms with Crippen LogP contribution < -0.4 is 5.32 Å². The summed E-state index contributed by atoms with van der Waals surface area (Å²) < 4.78 is 0.931. The van der Waals surface area contributed by atoms with Gasteiger partial charge in [-0.1, -0.05) is 34.8 Å². The Labute approximate surface area is 127 Å². The number of nitrogens with one attached hydrogen (secondary N) is 1. The van der Waals surface area contributed by atoms with Crippen molar-refractivity contribution in [1.82, 2.24) is 4.90 Å². The molecule has 0 aromatic heterocycles. The van der Waals surface area contributed by atoms with Gasteiger partial charge in [0.2, 0.25) is 5.91 Å². The molecule has 2 rings (SSSR count). The van der Waals surface area contributed by atoms with Crippen molar-refractivity contribution in [3.05, 3.63) is 28.7 Å². The average Bonchev–Trinajstić information content (AvgIpc) is 2.92. The smallest absolute Gasteiger partial charge is 0.238 e. The van der Waals surface area contributed by atoms with Crippen LogP contribution in [0.3, 0.4) is 0 Å². The highest BCUT2D eigenvalue weighted by molar-refractivity contribution is 9.10. The van der Waals surface area contributed by atoms with E-state index in [4.69, 9.17) is 5.26 Å². The number of nitriles is 1. The maximum absolute atomic E-state index is 12.1. The van der Waals surface area contributed by atoms with Crippen molar-refractivity contribution in [2.24, 2.45) is 0 Å². The van der Waals surface area contributed by atoms with Crippen LogP contribution in [-0.2, 0) is 4.79 Å². The zero-order chi connectivity index (χ0) is 14.4. The first-order valence-electron chi connectivity index (χ1n) is 6.85. The van der Waals surface area contributed by atoms with Crippen molar-refractivity contribution in [2.45, 2.75) is 31.7 Å². The van der Waals surface area contributed by atoms with Gasteiger partial charge >= 0.3 is 0 Å². The first-order chi connectivity index (χ1) is 9.69. The van der Waals surface area contributed by atoms with E-state index in [2.05, 4.69) is 27.3 Å². The van der Waals surface area contributed by atoms with E-state index in [1.165, 1.54) is 12.8 Å². The predicted molar refractivity (Wildman–Crippen MR) is 82.2 cm³/mol. The van der Waals surface area contributed by atoms with Crippen LogP contribution in [-0.4, -0.2) is 29.9 Å². The molecule has 1 N–H and O–H groups in total. The van der Waals surface area contributed by atoms with Gasteiger partial charge in [0.05, 0.1) is 19.2 Å². The molecule has 1 aromatic rings. The number of carbonyl (C=O) groups is 1. The summed E-state index contributed by atoms with van der Waals surface area (Å²) in [5, 5.41) is 11.8. The van der Waals surface area contributed by atoms with Crippen molar-refractivity contribution in [2.75, 3.05) is 18.4 Å². The zero-order valence-corrected chi connectivity index (χ0v) is 12.9. The molecule has 106 valence electrons.